The number of hydrogen-bond donors (Lipinski definition) is 5. The first-order valence-corrected chi connectivity index (χ1v) is 19.1. The van der Waals surface area contributed by atoms with E-state index in [2.05, 4.69) is 26.7 Å². The zero-order valence-electron chi connectivity index (χ0n) is 28.9. The monoisotopic (exact) mass is 711 g/mol. The molecule has 0 unspecified atom stereocenters. The predicted molar refractivity (Wildman–Crippen MR) is 194 cm³/mol. The van der Waals surface area contributed by atoms with Gasteiger partial charge in [0.2, 0.25) is 11.8 Å². The quantitative estimate of drug-likeness (QED) is 0.0519. The number of ether oxygens (including phenoxy) is 2. The van der Waals surface area contributed by atoms with Crippen molar-refractivity contribution in [2.45, 2.75) is 101 Å². The van der Waals surface area contributed by atoms with E-state index in [9.17, 15) is 19.2 Å². The van der Waals surface area contributed by atoms with Crippen LogP contribution in [-0.2, 0) is 19.2 Å². The van der Waals surface area contributed by atoms with E-state index in [1.54, 1.807) is 0 Å². The molecule has 2 aromatic carbocycles. The third-order valence-electron chi connectivity index (χ3n) is 8.53. The predicted octanol–water partition coefficient (Wildman–Crippen LogP) is 5.37. The minimum atomic E-state index is -0.298. The minimum Gasteiger partial charge on any atom is -0.493 e. The van der Waals surface area contributed by atoms with Gasteiger partial charge in [0, 0.05) is 56.0 Å². The first kappa shape index (κ1) is 38.8. The first-order chi connectivity index (χ1) is 24.5. The Balaban J connectivity index is 0.870. The molecule has 5 N–H and O–H groups in total. The fourth-order valence-electron chi connectivity index (χ4n) is 5.83. The van der Waals surface area contributed by atoms with E-state index in [1.807, 2.05) is 66.4 Å². The van der Waals surface area contributed by atoms with E-state index in [0.29, 0.717) is 75.1 Å². The smallest absolute Gasteiger partial charge is 0.324 e. The molecule has 0 aromatic heterocycles. The number of rotatable bonds is 25. The van der Waals surface area contributed by atoms with Gasteiger partial charge in [-0.1, -0.05) is 43.5 Å². The zero-order chi connectivity index (χ0) is 35.2. The molecule has 2 heterocycles. The number of para-hydroxylation sites is 1. The third-order valence-corrected chi connectivity index (χ3v) is 10.0. The molecule has 0 saturated carbocycles. The molecule has 0 spiro atoms. The number of hydroxylamine groups is 1. The SMILES string of the molecule is O=C(CCCCCNC(=O)CCCC[C@@H]1SC[C@@H]2NC(=O)N[C@@H]21)NCCCCCC(=O)ONCCCOc1cccc(Oc2ccccc2)c1. The van der Waals surface area contributed by atoms with E-state index >= 15 is 0 Å². The van der Waals surface area contributed by atoms with Crippen LogP contribution in [0.3, 0.4) is 0 Å². The molecule has 3 atom stereocenters. The van der Waals surface area contributed by atoms with Crippen molar-refractivity contribution >= 4 is 35.6 Å². The van der Waals surface area contributed by atoms with Crippen LogP contribution in [0.25, 0.3) is 0 Å². The molecule has 2 aliphatic rings. The molecule has 0 bridgehead atoms. The van der Waals surface area contributed by atoms with Gasteiger partial charge in [0.05, 0.1) is 18.7 Å². The summed E-state index contributed by atoms with van der Waals surface area (Å²) < 4.78 is 11.6. The lowest BCUT2D eigenvalue weighted by molar-refractivity contribution is -0.151. The van der Waals surface area contributed by atoms with Crippen molar-refractivity contribution < 1.29 is 33.5 Å². The number of carbonyl (C=O) groups excluding carboxylic acids is 4. The number of hydrogen-bond acceptors (Lipinski definition) is 9. The van der Waals surface area contributed by atoms with Gasteiger partial charge >= 0.3 is 12.0 Å². The van der Waals surface area contributed by atoms with Gasteiger partial charge in [-0.25, -0.2) is 4.79 Å². The standard InChI is InChI=1S/C37H53N5O7S/c43-33(19-6-2-10-22-39-34(44)20-9-8-18-32-36-31(27-50-32)41-37(46)42-36)38-23-11-3-7-21-35(45)49-40-24-13-25-47-29-16-12-17-30(26-29)48-28-14-4-1-5-15-28/h1,4-5,12,14-17,26,31-32,36,40H,2-3,6-11,13,18-25,27H2,(H,38,43)(H,39,44)(H2,41,42,46)/t31-,32-,36-/m0/s1. The van der Waals surface area contributed by atoms with Crippen LogP contribution in [0, 0.1) is 0 Å². The molecular formula is C37H53N5O7S. The number of amides is 4. The Labute approximate surface area is 299 Å². The zero-order valence-corrected chi connectivity index (χ0v) is 29.7. The van der Waals surface area contributed by atoms with Gasteiger partial charge in [0.15, 0.2) is 0 Å². The van der Waals surface area contributed by atoms with Crippen molar-refractivity contribution in [3.63, 3.8) is 0 Å². The summed E-state index contributed by atoms with van der Waals surface area (Å²) in [5.41, 5.74) is 2.70. The lowest BCUT2D eigenvalue weighted by Gasteiger charge is -2.16. The van der Waals surface area contributed by atoms with E-state index in [4.69, 9.17) is 14.3 Å². The normalized spacial score (nSPS) is 17.7. The Morgan fingerprint density at radius 1 is 0.720 bits per heavy atom. The minimum absolute atomic E-state index is 0.0366. The molecule has 274 valence electrons. The number of fused-ring (bicyclic) bond motifs is 1. The molecule has 2 fully saturated rings. The molecule has 2 aromatic rings. The van der Waals surface area contributed by atoms with Gasteiger partial charge in [-0.2, -0.15) is 17.2 Å². The summed E-state index contributed by atoms with van der Waals surface area (Å²) in [6.45, 7) is 2.17. The maximum Gasteiger partial charge on any atom is 0.324 e. The van der Waals surface area contributed by atoms with Crippen LogP contribution in [0.4, 0.5) is 4.79 Å². The topological polar surface area (TPSA) is 156 Å². The van der Waals surface area contributed by atoms with Gasteiger partial charge in [-0.05, 0) is 69.2 Å². The summed E-state index contributed by atoms with van der Waals surface area (Å²) in [6, 6.07) is 17.4. The van der Waals surface area contributed by atoms with Crippen LogP contribution >= 0.6 is 11.8 Å². The fourth-order valence-corrected chi connectivity index (χ4v) is 7.38. The number of unbranched alkanes of at least 4 members (excludes halogenated alkanes) is 5. The van der Waals surface area contributed by atoms with Crippen molar-refractivity contribution in [3.05, 3.63) is 54.6 Å². The number of urea groups is 1. The van der Waals surface area contributed by atoms with Crippen LogP contribution in [-0.4, -0.2) is 73.1 Å². The van der Waals surface area contributed by atoms with E-state index in [0.717, 1.165) is 62.9 Å². The number of carbonyl (C=O) groups is 4. The van der Waals surface area contributed by atoms with Gasteiger partial charge in [0.25, 0.3) is 0 Å². The van der Waals surface area contributed by atoms with E-state index in [-0.39, 0.29) is 35.9 Å². The Bertz CT molecular complexity index is 1330. The molecule has 0 aliphatic carbocycles. The third kappa shape index (κ3) is 15.3. The molecular weight excluding hydrogens is 659 g/mol. The van der Waals surface area contributed by atoms with Crippen LogP contribution in [0.2, 0.25) is 0 Å². The Morgan fingerprint density at radius 3 is 2.16 bits per heavy atom. The molecule has 12 nitrogen and oxygen atoms in total. The largest absolute Gasteiger partial charge is 0.493 e. The van der Waals surface area contributed by atoms with Crippen molar-refractivity contribution in [3.8, 4) is 17.2 Å². The second kappa shape index (κ2) is 22.7. The maximum absolute atomic E-state index is 12.1. The van der Waals surface area contributed by atoms with Crippen molar-refractivity contribution in [2.24, 2.45) is 0 Å². The van der Waals surface area contributed by atoms with E-state index in [1.165, 1.54) is 0 Å². The summed E-state index contributed by atoms with van der Waals surface area (Å²) in [7, 11) is 0. The lowest BCUT2D eigenvalue weighted by Crippen LogP contribution is -2.36. The molecule has 2 aliphatic heterocycles. The summed E-state index contributed by atoms with van der Waals surface area (Å²) in [6.07, 6.45) is 9.68. The second-order valence-electron chi connectivity index (χ2n) is 12.6. The summed E-state index contributed by atoms with van der Waals surface area (Å²) >= 11 is 1.90. The maximum atomic E-state index is 12.1. The number of benzene rings is 2. The Morgan fingerprint density at radius 2 is 1.40 bits per heavy atom. The van der Waals surface area contributed by atoms with E-state index < -0.39 is 0 Å². The number of nitrogens with one attached hydrogen (secondary N) is 5. The van der Waals surface area contributed by atoms with Gasteiger partial charge in [-0.15, -0.1) is 0 Å². The molecule has 0 radical (unpaired) electrons. The summed E-state index contributed by atoms with van der Waals surface area (Å²) in [5.74, 6) is 2.94. The van der Waals surface area contributed by atoms with Crippen molar-refractivity contribution in [1.29, 1.82) is 0 Å². The Hall–Kier alpha value is -3.97. The molecule has 50 heavy (non-hydrogen) atoms. The highest BCUT2D eigenvalue weighted by atomic mass is 32.2. The molecule has 4 rings (SSSR count). The fraction of sp³-hybridized carbons (Fsp3) is 0.568. The average Bonchev–Trinajstić information content (AvgIpc) is 3.67. The average molecular weight is 712 g/mol. The molecule has 2 saturated heterocycles. The van der Waals surface area contributed by atoms with Crippen LogP contribution < -0.4 is 36.2 Å². The highest BCUT2D eigenvalue weighted by Gasteiger charge is 2.42. The van der Waals surface area contributed by atoms with Gasteiger partial charge < -0.3 is 35.6 Å². The second-order valence-corrected chi connectivity index (χ2v) is 13.9. The van der Waals surface area contributed by atoms with Crippen molar-refractivity contribution in [1.82, 2.24) is 26.7 Å². The van der Waals surface area contributed by atoms with Crippen molar-refractivity contribution in [2.75, 3.05) is 32.0 Å². The highest BCUT2D eigenvalue weighted by Crippen LogP contribution is 2.33. The molecule has 4 amide bonds. The highest BCUT2D eigenvalue weighted by molar-refractivity contribution is 8.00. The Kier molecular flexibility index (Phi) is 17.6. The first-order valence-electron chi connectivity index (χ1n) is 18.1. The van der Waals surface area contributed by atoms with Crippen LogP contribution in [0.5, 0.6) is 17.2 Å². The number of thioether (sulfide) groups is 1. The van der Waals surface area contributed by atoms with Crippen LogP contribution in [0.15, 0.2) is 54.6 Å². The summed E-state index contributed by atoms with van der Waals surface area (Å²) in [5, 5.41) is 12.3. The molecule has 13 heteroatoms. The van der Waals surface area contributed by atoms with Crippen LogP contribution in [0.1, 0.15) is 83.5 Å². The lowest BCUT2D eigenvalue weighted by atomic mass is 10.0. The van der Waals surface area contributed by atoms with Gasteiger partial charge in [-0.3, -0.25) is 14.4 Å². The summed E-state index contributed by atoms with van der Waals surface area (Å²) in [4.78, 5) is 52.8. The van der Waals surface area contributed by atoms with Gasteiger partial charge in [0.1, 0.15) is 17.2 Å².